The van der Waals surface area contributed by atoms with Crippen LogP contribution in [0, 0.1) is 25.5 Å². The molecule has 0 atom stereocenters. The molecule has 0 radical (unpaired) electrons. The average molecular weight is 425 g/mol. The molecule has 1 aliphatic rings. The molecule has 31 heavy (non-hydrogen) atoms. The monoisotopic (exact) mass is 425 g/mol. The van der Waals surface area contributed by atoms with Crippen LogP contribution in [-0.4, -0.2) is 52.9 Å². The number of hydrogen-bond donors (Lipinski definition) is 0. The molecule has 8 heteroatoms. The Hall–Kier alpha value is -3.55. The van der Waals surface area contributed by atoms with Gasteiger partial charge >= 0.3 is 0 Å². The summed E-state index contributed by atoms with van der Waals surface area (Å²) in [5.41, 5.74) is 2.35. The summed E-state index contributed by atoms with van der Waals surface area (Å²) >= 11 is 0. The summed E-state index contributed by atoms with van der Waals surface area (Å²) in [6.07, 6.45) is 0. The minimum absolute atomic E-state index is 0.172. The van der Waals surface area contributed by atoms with Crippen LogP contribution in [0.5, 0.6) is 0 Å². The molecule has 6 nitrogen and oxygen atoms in total. The Morgan fingerprint density at radius 3 is 2.10 bits per heavy atom. The van der Waals surface area contributed by atoms with E-state index in [-0.39, 0.29) is 29.0 Å². The van der Waals surface area contributed by atoms with Gasteiger partial charge in [0.2, 0.25) is 5.76 Å². The number of halogens is 2. The second kappa shape index (κ2) is 8.29. The van der Waals surface area contributed by atoms with E-state index >= 15 is 0 Å². The molecular formula is C23H21F2N3O3. The fraction of sp³-hybridized carbons (Fsp3) is 0.261. The largest absolute Gasteiger partial charge is 0.351 e. The number of benzene rings is 2. The molecule has 1 fully saturated rings. The number of rotatable bonds is 3. The Labute approximate surface area is 178 Å². The lowest BCUT2D eigenvalue weighted by Crippen LogP contribution is -2.50. The maximum Gasteiger partial charge on any atom is 0.292 e. The van der Waals surface area contributed by atoms with Gasteiger partial charge in [-0.15, -0.1) is 0 Å². The summed E-state index contributed by atoms with van der Waals surface area (Å²) < 4.78 is 33.1. The molecule has 1 aromatic heterocycles. The predicted molar refractivity (Wildman–Crippen MR) is 110 cm³/mol. The summed E-state index contributed by atoms with van der Waals surface area (Å²) in [6, 6.07) is 10.0. The van der Waals surface area contributed by atoms with Crippen LogP contribution < -0.4 is 0 Å². The highest BCUT2D eigenvalue weighted by Gasteiger charge is 2.27. The van der Waals surface area contributed by atoms with Crippen molar-refractivity contribution in [3.8, 4) is 11.1 Å². The zero-order chi connectivity index (χ0) is 22.1. The first-order chi connectivity index (χ1) is 14.8. The molecule has 160 valence electrons. The molecule has 0 spiro atoms. The maximum atomic E-state index is 14.8. The molecule has 2 amide bonds. The van der Waals surface area contributed by atoms with Crippen molar-refractivity contribution in [1.82, 2.24) is 15.0 Å². The third kappa shape index (κ3) is 4.19. The van der Waals surface area contributed by atoms with Crippen molar-refractivity contribution < 1.29 is 22.9 Å². The first kappa shape index (κ1) is 20.7. The van der Waals surface area contributed by atoms with E-state index in [9.17, 15) is 18.4 Å². The van der Waals surface area contributed by atoms with Crippen LogP contribution in [0.4, 0.5) is 8.78 Å². The fourth-order valence-corrected chi connectivity index (χ4v) is 3.71. The van der Waals surface area contributed by atoms with Crippen LogP contribution in [0.3, 0.4) is 0 Å². The second-order valence-electron chi connectivity index (χ2n) is 7.57. The number of aryl methyl sites for hydroxylation is 2. The molecule has 4 rings (SSSR count). The quantitative estimate of drug-likeness (QED) is 0.640. The van der Waals surface area contributed by atoms with Crippen LogP contribution in [0.15, 0.2) is 47.0 Å². The lowest BCUT2D eigenvalue weighted by Gasteiger charge is -2.34. The smallest absolute Gasteiger partial charge is 0.292 e. The van der Waals surface area contributed by atoms with E-state index in [4.69, 9.17) is 4.52 Å². The molecule has 0 unspecified atom stereocenters. The van der Waals surface area contributed by atoms with E-state index in [0.717, 1.165) is 0 Å². The highest BCUT2D eigenvalue weighted by atomic mass is 19.1. The second-order valence-corrected chi connectivity index (χ2v) is 7.57. The van der Waals surface area contributed by atoms with Gasteiger partial charge in [0.15, 0.2) is 0 Å². The number of piperazine rings is 1. The maximum absolute atomic E-state index is 14.8. The molecule has 2 aromatic carbocycles. The van der Waals surface area contributed by atoms with Crippen molar-refractivity contribution in [3.05, 3.63) is 76.7 Å². The fourth-order valence-electron chi connectivity index (χ4n) is 3.71. The molecule has 1 saturated heterocycles. The molecule has 1 aliphatic heterocycles. The molecule has 0 saturated carbocycles. The van der Waals surface area contributed by atoms with E-state index in [2.05, 4.69) is 5.16 Å². The van der Waals surface area contributed by atoms with Crippen LogP contribution in [0.2, 0.25) is 0 Å². The van der Waals surface area contributed by atoms with Crippen LogP contribution in [0.25, 0.3) is 11.1 Å². The Morgan fingerprint density at radius 2 is 1.52 bits per heavy atom. The molecule has 0 N–H and O–H groups in total. The van der Waals surface area contributed by atoms with Gasteiger partial charge in [0.1, 0.15) is 11.6 Å². The predicted octanol–water partition coefficient (Wildman–Crippen LogP) is 3.83. The Kier molecular flexibility index (Phi) is 5.54. The normalized spacial score (nSPS) is 14.1. The lowest BCUT2D eigenvalue weighted by molar-refractivity contribution is 0.0512. The number of aromatic nitrogens is 1. The van der Waals surface area contributed by atoms with Crippen molar-refractivity contribution in [2.75, 3.05) is 26.2 Å². The summed E-state index contributed by atoms with van der Waals surface area (Å²) in [6.45, 7) is 4.80. The first-order valence-corrected chi connectivity index (χ1v) is 9.91. The summed E-state index contributed by atoms with van der Waals surface area (Å²) in [5, 5.41) is 3.72. The summed E-state index contributed by atoms with van der Waals surface area (Å²) in [7, 11) is 0. The zero-order valence-electron chi connectivity index (χ0n) is 17.2. The number of amides is 2. The van der Waals surface area contributed by atoms with Gasteiger partial charge in [-0.25, -0.2) is 8.78 Å². The van der Waals surface area contributed by atoms with Crippen LogP contribution in [-0.2, 0) is 0 Å². The minimum atomic E-state index is -0.546. The van der Waals surface area contributed by atoms with Crippen molar-refractivity contribution in [3.63, 3.8) is 0 Å². The molecule has 3 aromatic rings. The molecule has 0 bridgehead atoms. The van der Waals surface area contributed by atoms with Gasteiger partial charge in [0.05, 0.1) is 5.69 Å². The highest BCUT2D eigenvalue weighted by molar-refractivity contribution is 5.95. The number of carbonyl (C=O) groups is 2. The van der Waals surface area contributed by atoms with E-state index in [1.165, 1.54) is 30.3 Å². The van der Waals surface area contributed by atoms with Crippen molar-refractivity contribution in [1.29, 1.82) is 0 Å². The third-order valence-corrected chi connectivity index (χ3v) is 5.39. The number of nitrogens with zero attached hydrogens (tertiary/aromatic N) is 3. The van der Waals surface area contributed by atoms with Crippen LogP contribution >= 0.6 is 0 Å². The van der Waals surface area contributed by atoms with Gasteiger partial charge in [0, 0.05) is 43.4 Å². The van der Waals surface area contributed by atoms with E-state index in [0.29, 0.717) is 48.6 Å². The first-order valence-electron chi connectivity index (χ1n) is 9.91. The van der Waals surface area contributed by atoms with Gasteiger partial charge in [-0.05, 0) is 49.2 Å². The van der Waals surface area contributed by atoms with E-state index in [1.807, 2.05) is 0 Å². The van der Waals surface area contributed by atoms with Gasteiger partial charge < -0.3 is 14.3 Å². The Bertz CT molecular complexity index is 1150. The summed E-state index contributed by atoms with van der Waals surface area (Å²) in [4.78, 5) is 28.5. The van der Waals surface area contributed by atoms with E-state index < -0.39 is 5.82 Å². The SMILES string of the molecule is Cc1cc(C(=O)N2CCN(C(=O)c3ccc(-c4ccc(F)cc4C)c(F)c3)CC2)on1. The Balaban J connectivity index is 1.44. The third-order valence-electron chi connectivity index (χ3n) is 5.39. The number of carbonyl (C=O) groups excluding carboxylic acids is 2. The standard InChI is InChI=1S/C23H21F2N3O3/c1-14-11-17(24)4-6-18(14)19-5-3-16(13-20(19)25)22(29)27-7-9-28(10-8-27)23(30)21-12-15(2)26-31-21/h3-6,11-13H,7-10H2,1-2H3. The van der Waals surface area contributed by atoms with Crippen molar-refractivity contribution in [2.24, 2.45) is 0 Å². The average Bonchev–Trinajstić information content (AvgIpc) is 3.19. The summed E-state index contributed by atoms with van der Waals surface area (Å²) in [5.74, 6) is -1.33. The van der Waals surface area contributed by atoms with Gasteiger partial charge in [-0.3, -0.25) is 9.59 Å². The van der Waals surface area contributed by atoms with Crippen molar-refractivity contribution in [2.45, 2.75) is 13.8 Å². The van der Waals surface area contributed by atoms with Gasteiger partial charge in [-0.1, -0.05) is 17.3 Å². The van der Waals surface area contributed by atoms with Gasteiger partial charge in [-0.2, -0.15) is 0 Å². The van der Waals surface area contributed by atoms with E-state index in [1.54, 1.807) is 35.8 Å². The topological polar surface area (TPSA) is 66.7 Å². The molecule has 0 aliphatic carbocycles. The molecular weight excluding hydrogens is 404 g/mol. The highest BCUT2D eigenvalue weighted by Crippen LogP contribution is 2.28. The van der Waals surface area contributed by atoms with Crippen LogP contribution in [0.1, 0.15) is 32.2 Å². The van der Waals surface area contributed by atoms with Gasteiger partial charge in [0.25, 0.3) is 11.8 Å². The number of hydrogen-bond acceptors (Lipinski definition) is 4. The minimum Gasteiger partial charge on any atom is -0.351 e. The molecule has 2 heterocycles. The Morgan fingerprint density at radius 1 is 0.871 bits per heavy atom. The zero-order valence-corrected chi connectivity index (χ0v) is 17.2. The van der Waals surface area contributed by atoms with Crippen molar-refractivity contribution >= 4 is 11.8 Å². The lowest BCUT2D eigenvalue weighted by atomic mass is 9.98.